The first-order valence-electron chi connectivity index (χ1n) is 22.1. The summed E-state index contributed by atoms with van der Waals surface area (Å²) in [6, 6.07) is 55.2. The van der Waals surface area contributed by atoms with Crippen LogP contribution >= 0.6 is 14.7 Å². The molecule has 0 radical (unpaired) electrons. The van der Waals surface area contributed by atoms with Crippen LogP contribution in [0.3, 0.4) is 0 Å². The van der Waals surface area contributed by atoms with Crippen LogP contribution in [0.25, 0.3) is 0 Å². The Bertz CT molecular complexity index is 2310. The minimum absolute atomic E-state index is 0.0501. The summed E-state index contributed by atoms with van der Waals surface area (Å²) in [5.74, 6) is -0.738. The summed E-state index contributed by atoms with van der Waals surface area (Å²) in [5, 5.41) is 2.63. The van der Waals surface area contributed by atoms with Gasteiger partial charge in [-0.3, -0.25) is 9.13 Å². The average Bonchev–Trinajstić information content (AvgIpc) is 3.34. The molecule has 6 aromatic carbocycles. The zero-order valence-electron chi connectivity index (χ0n) is 37.8. The summed E-state index contributed by atoms with van der Waals surface area (Å²) in [4.78, 5) is 25.2. The van der Waals surface area contributed by atoms with Crippen LogP contribution in [0.1, 0.15) is 81.5 Å². The lowest BCUT2D eigenvalue weighted by Gasteiger charge is -2.37. The quantitative estimate of drug-likeness (QED) is 0.0551. The van der Waals surface area contributed by atoms with Crippen LogP contribution in [-0.2, 0) is 27.7 Å². The Morgan fingerprint density at radius 3 is 1.30 bits per heavy atom. The molecule has 8 nitrogen and oxygen atoms in total. The van der Waals surface area contributed by atoms with Crippen molar-refractivity contribution in [1.82, 2.24) is 0 Å². The molecule has 0 aliphatic rings. The van der Waals surface area contributed by atoms with E-state index in [4.69, 9.17) is 18.5 Å². The van der Waals surface area contributed by atoms with Gasteiger partial charge in [-0.25, -0.2) is 9.59 Å². The average molecular weight is 901 g/mol. The Balaban J connectivity index is 0.000000241. The van der Waals surface area contributed by atoms with Gasteiger partial charge in [-0.2, -0.15) is 0 Å². The molecule has 0 saturated heterocycles. The van der Waals surface area contributed by atoms with E-state index in [1.54, 1.807) is 24.3 Å². The highest BCUT2D eigenvalue weighted by Crippen LogP contribution is 2.49. The second-order valence-electron chi connectivity index (χ2n) is 16.7. The number of hydrogen-bond donors (Lipinski definition) is 0. The van der Waals surface area contributed by atoms with Gasteiger partial charge in [0.15, 0.2) is 0 Å². The lowest BCUT2D eigenvalue weighted by atomic mass is 9.81. The van der Waals surface area contributed by atoms with E-state index in [1.807, 2.05) is 192 Å². The van der Waals surface area contributed by atoms with Gasteiger partial charge in [-0.15, -0.1) is 0 Å². The van der Waals surface area contributed by atoms with E-state index in [0.29, 0.717) is 32.3 Å². The topological polar surface area (TPSA) is 105 Å². The minimum Gasteiger partial charge on any atom is -0.462 e. The highest BCUT2D eigenvalue weighted by Gasteiger charge is 2.39. The molecule has 0 heterocycles. The molecule has 0 N–H and O–H groups in total. The molecule has 0 saturated carbocycles. The number of carbonyl (C=O) groups is 2. The number of rotatable bonds is 20. The van der Waals surface area contributed by atoms with Gasteiger partial charge in [0, 0.05) is 32.6 Å². The summed E-state index contributed by atoms with van der Waals surface area (Å²) in [6.07, 6.45) is 1.62. The van der Waals surface area contributed by atoms with E-state index < -0.39 is 26.3 Å². The smallest absolute Gasteiger partial charge is 0.338 e. The number of carbonyl (C=O) groups excluding carboxylic acids is 2. The monoisotopic (exact) mass is 900 g/mol. The number of benzene rings is 6. The van der Waals surface area contributed by atoms with E-state index >= 15 is 0 Å². The maximum Gasteiger partial charge on any atom is 0.338 e. The Morgan fingerprint density at radius 1 is 0.547 bits per heavy atom. The van der Waals surface area contributed by atoms with Gasteiger partial charge in [-0.1, -0.05) is 157 Å². The van der Waals surface area contributed by atoms with E-state index in [-0.39, 0.29) is 43.1 Å². The normalized spacial score (nSPS) is 13.2. The molecule has 0 aromatic heterocycles. The van der Waals surface area contributed by atoms with Crippen molar-refractivity contribution in [2.45, 2.75) is 73.0 Å². The van der Waals surface area contributed by atoms with Crippen LogP contribution in [0.4, 0.5) is 0 Å². The van der Waals surface area contributed by atoms with Gasteiger partial charge < -0.3 is 18.5 Å². The van der Waals surface area contributed by atoms with Crippen molar-refractivity contribution in [1.29, 1.82) is 0 Å². The molecular formula is C54H62O8P2. The molecule has 64 heavy (non-hydrogen) atoms. The predicted octanol–water partition coefficient (Wildman–Crippen LogP) is 11.8. The highest BCUT2D eigenvalue weighted by atomic mass is 31.2. The van der Waals surface area contributed by atoms with Gasteiger partial charge in [0.05, 0.1) is 30.4 Å². The van der Waals surface area contributed by atoms with Crippen LogP contribution < -0.4 is 21.2 Å². The first-order valence-corrected chi connectivity index (χ1v) is 25.3. The fourth-order valence-corrected chi connectivity index (χ4v) is 12.1. The molecule has 0 spiro atoms. The second kappa shape index (κ2) is 24.1. The largest absolute Gasteiger partial charge is 0.462 e. The maximum atomic E-state index is 14.4. The SMILES string of the molecule is CC(C)C(OC(=O)c1ccccc1)C(C)(C)COP(=O)(c1ccccc1)c1ccccc1.CCCC(OP(=O)(c1ccccc1)c1ccccc1)C(CC)COC(=O)c1ccccc1. The molecular weight excluding hydrogens is 839 g/mol. The van der Waals surface area contributed by atoms with Crippen LogP contribution in [0, 0.1) is 17.3 Å². The lowest BCUT2D eigenvalue weighted by molar-refractivity contribution is -0.0420. The Kier molecular flexibility index (Phi) is 18.7. The van der Waals surface area contributed by atoms with Crippen LogP contribution in [0.15, 0.2) is 182 Å². The van der Waals surface area contributed by atoms with Crippen LogP contribution in [0.5, 0.6) is 0 Å². The third kappa shape index (κ3) is 13.3. The summed E-state index contributed by atoms with van der Waals surface area (Å²) in [7, 11) is -6.65. The van der Waals surface area contributed by atoms with E-state index in [0.717, 1.165) is 19.3 Å². The Labute approximate surface area is 380 Å². The highest BCUT2D eigenvalue weighted by molar-refractivity contribution is 7.74. The third-order valence-electron chi connectivity index (χ3n) is 11.0. The van der Waals surface area contributed by atoms with Gasteiger partial charge >= 0.3 is 11.9 Å². The number of esters is 2. The van der Waals surface area contributed by atoms with Crippen LogP contribution in [0.2, 0.25) is 0 Å². The van der Waals surface area contributed by atoms with E-state index in [9.17, 15) is 18.7 Å². The summed E-state index contributed by atoms with van der Waals surface area (Å²) < 4.78 is 52.8. The molecule has 0 bridgehead atoms. The lowest BCUT2D eigenvalue weighted by Crippen LogP contribution is -2.41. The van der Waals surface area contributed by atoms with Gasteiger partial charge in [0.2, 0.25) is 0 Å². The summed E-state index contributed by atoms with van der Waals surface area (Å²) in [6.45, 7) is 12.5. The van der Waals surface area contributed by atoms with Crippen molar-refractivity contribution in [3.8, 4) is 0 Å². The van der Waals surface area contributed by atoms with E-state index in [2.05, 4.69) is 6.92 Å². The molecule has 10 heteroatoms. The fraction of sp³-hybridized carbons (Fsp3) is 0.296. The second-order valence-corrected chi connectivity index (χ2v) is 21.4. The Morgan fingerprint density at radius 2 is 0.922 bits per heavy atom. The van der Waals surface area contributed by atoms with Gasteiger partial charge in [-0.05, 0) is 91.6 Å². The summed E-state index contributed by atoms with van der Waals surface area (Å²) in [5.41, 5.74) is 0.460. The van der Waals surface area contributed by atoms with Gasteiger partial charge in [0.25, 0.3) is 14.7 Å². The van der Waals surface area contributed by atoms with Crippen molar-refractivity contribution in [3.63, 3.8) is 0 Å². The first kappa shape index (κ1) is 49.7. The zero-order chi connectivity index (χ0) is 46.0. The first-order chi connectivity index (χ1) is 30.8. The molecule has 0 amide bonds. The molecule has 3 unspecified atom stereocenters. The summed E-state index contributed by atoms with van der Waals surface area (Å²) >= 11 is 0. The van der Waals surface area contributed by atoms with Crippen molar-refractivity contribution in [2.24, 2.45) is 17.3 Å². The van der Waals surface area contributed by atoms with Crippen molar-refractivity contribution < 1.29 is 37.2 Å². The molecule has 3 atom stereocenters. The fourth-order valence-electron chi connectivity index (χ4n) is 7.54. The third-order valence-corrected chi connectivity index (χ3v) is 15.9. The molecule has 6 aromatic rings. The standard InChI is InChI=1S/2C27H31O4P/c1-21(2)25(31-26(28)22-14-8-5-9-15-22)27(3,4)20-30-32(29,23-16-10-6-11-17-23)24-18-12-7-13-19-24;1-3-14-26(22(4-2)21-30-27(28)23-15-8-5-9-16-23)31-32(29,24-17-10-6-11-18-24)25-19-12-7-13-20-25/h5-19,21,25H,20H2,1-4H3;5-13,15-20,22,26H,3-4,14,21H2,1-2H3. The van der Waals surface area contributed by atoms with Gasteiger partial charge in [0.1, 0.15) is 6.10 Å². The minimum atomic E-state index is -3.32. The predicted molar refractivity (Wildman–Crippen MR) is 260 cm³/mol. The molecule has 6 rings (SSSR count). The maximum absolute atomic E-state index is 14.4. The zero-order valence-corrected chi connectivity index (χ0v) is 39.6. The molecule has 0 fully saturated rings. The van der Waals surface area contributed by atoms with Crippen molar-refractivity contribution >= 4 is 47.9 Å². The molecule has 336 valence electrons. The molecule has 0 aliphatic heterocycles. The van der Waals surface area contributed by atoms with Crippen molar-refractivity contribution in [2.75, 3.05) is 13.2 Å². The number of ether oxygens (including phenoxy) is 2. The van der Waals surface area contributed by atoms with E-state index in [1.165, 1.54) is 0 Å². The Hall–Kier alpha value is -5.36. The van der Waals surface area contributed by atoms with Crippen LogP contribution in [-0.4, -0.2) is 37.4 Å². The van der Waals surface area contributed by atoms with Crippen molar-refractivity contribution in [3.05, 3.63) is 193 Å². The number of hydrogen-bond acceptors (Lipinski definition) is 8. The molecule has 0 aliphatic carbocycles.